The number of rotatable bonds is 12. The second kappa shape index (κ2) is 15.2. The van der Waals surface area contributed by atoms with Crippen LogP contribution in [0.3, 0.4) is 0 Å². The summed E-state index contributed by atoms with van der Waals surface area (Å²) < 4.78 is 5.43. The lowest BCUT2D eigenvalue weighted by Gasteiger charge is -2.23. The van der Waals surface area contributed by atoms with Crippen molar-refractivity contribution in [1.82, 2.24) is 0 Å². The first-order valence-electron chi connectivity index (χ1n) is 13.0. The van der Waals surface area contributed by atoms with Gasteiger partial charge in [-0.2, -0.15) is 0 Å². The molecule has 0 bridgehead atoms. The Kier molecular flexibility index (Phi) is 12.3. The first-order chi connectivity index (χ1) is 17.6. The van der Waals surface area contributed by atoms with Crippen LogP contribution in [-0.4, -0.2) is 39.4 Å². The number of ketones is 1. The number of ether oxygens (including phenoxy) is 1. The Labute approximate surface area is 221 Å². The molecular weight excluding hydrogens is 464 g/mol. The van der Waals surface area contributed by atoms with Crippen molar-refractivity contribution in [1.29, 1.82) is 0 Å². The molecule has 5 unspecified atom stereocenters. The fraction of sp³-hybridized carbons (Fsp3) is 0.406. The minimum Gasteiger partial charge on any atom is -0.504 e. The van der Waals surface area contributed by atoms with Crippen molar-refractivity contribution >= 4 is 5.78 Å². The largest absolute Gasteiger partial charge is 0.504 e. The average molecular weight is 507 g/mol. The number of hydrogen-bond acceptors (Lipinski definition) is 5. The lowest BCUT2D eigenvalue weighted by Crippen LogP contribution is -2.28. The standard InChI is InChI=1S/C32H42O5/c1-22(13-11-14-23(2)30(34)24(3)18-19-27-15-7-6-8-16-27)12-9-10-17-28(33)20-21-29-32(36)25(4)31(35)26(5)37-29/h6-17,21,23-24,26,28,30,33-34,36H,18-20H2,1-5H3/b12-9+,14-11+,17-10-,22-13+,29-21+. The molecule has 0 aliphatic carbocycles. The Morgan fingerprint density at radius 1 is 1.08 bits per heavy atom. The topological polar surface area (TPSA) is 87.0 Å². The molecule has 5 heteroatoms. The molecule has 1 aliphatic heterocycles. The Balaban J connectivity index is 1.79. The van der Waals surface area contributed by atoms with Crippen molar-refractivity contribution in [3.05, 3.63) is 107 Å². The van der Waals surface area contributed by atoms with E-state index in [1.807, 2.05) is 62.4 Å². The van der Waals surface area contributed by atoms with Gasteiger partial charge in [0.1, 0.15) is 0 Å². The second-order valence-electron chi connectivity index (χ2n) is 9.86. The molecule has 1 aromatic rings. The van der Waals surface area contributed by atoms with E-state index in [0.717, 1.165) is 18.4 Å². The van der Waals surface area contributed by atoms with Crippen LogP contribution >= 0.6 is 0 Å². The summed E-state index contributed by atoms with van der Waals surface area (Å²) >= 11 is 0. The maximum absolute atomic E-state index is 11.8. The Morgan fingerprint density at radius 2 is 1.78 bits per heavy atom. The van der Waals surface area contributed by atoms with E-state index in [9.17, 15) is 20.1 Å². The van der Waals surface area contributed by atoms with Crippen molar-refractivity contribution < 1.29 is 24.9 Å². The van der Waals surface area contributed by atoms with Gasteiger partial charge in [-0.3, -0.25) is 4.79 Å². The third-order valence-corrected chi connectivity index (χ3v) is 6.61. The highest BCUT2D eigenvalue weighted by Gasteiger charge is 2.28. The van der Waals surface area contributed by atoms with Crippen molar-refractivity contribution in [3.8, 4) is 0 Å². The van der Waals surface area contributed by atoms with Crippen LogP contribution in [0.4, 0.5) is 0 Å². The number of benzene rings is 1. The van der Waals surface area contributed by atoms with Gasteiger partial charge in [-0.25, -0.2) is 0 Å². The van der Waals surface area contributed by atoms with Gasteiger partial charge in [0.2, 0.25) is 5.78 Å². The van der Waals surface area contributed by atoms with Gasteiger partial charge in [0.25, 0.3) is 0 Å². The lowest BCUT2D eigenvalue weighted by atomic mass is 9.88. The first-order valence-corrected chi connectivity index (χ1v) is 13.0. The maximum Gasteiger partial charge on any atom is 0.202 e. The van der Waals surface area contributed by atoms with Crippen LogP contribution in [0.5, 0.6) is 0 Å². The number of carbonyl (C=O) groups excluding carboxylic acids is 1. The average Bonchev–Trinajstić information content (AvgIpc) is 2.89. The summed E-state index contributed by atoms with van der Waals surface area (Å²) in [6, 6.07) is 10.4. The quantitative estimate of drug-likeness (QED) is 0.289. The molecule has 37 heavy (non-hydrogen) atoms. The van der Waals surface area contributed by atoms with Crippen molar-refractivity contribution in [2.45, 2.75) is 72.2 Å². The molecule has 0 radical (unpaired) electrons. The van der Waals surface area contributed by atoms with Crippen LogP contribution < -0.4 is 0 Å². The molecule has 0 saturated carbocycles. The maximum atomic E-state index is 11.8. The molecule has 0 aromatic heterocycles. The van der Waals surface area contributed by atoms with Crippen molar-refractivity contribution in [2.24, 2.45) is 11.8 Å². The van der Waals surface area contributed by atoms with Gasteiger partial charge in [0, 0.05) is 11.5 Å². The fourth-order valence-electron chi connectivity index (χ4n) is 4.04. The van der Waals surface area contributed by atoms with Crippen LogP contribution in [0, 0.1) is 11.8 Å². The predicted molar refractivity (Wildman–Crippen MR) is 150 cm³/mol. The highest BCUT2D eigenvalue weighted by Crippen LogP contribution is 2.24. The van der Waals surface area contributed by atoms with Gasteiger partial charge in [-0.15, -0.1) is 0 Å². The Hall–Kier alpha value is -3.15. The summed E-state index contributed by atoms with van der Waals surface area (Å²) in [6.07, 6.45) is 15.1. The molecule has 200 valence electrons. The molecule has 0 amide bonds. The Bertz CT molecular complexity index is 1060. The number of hydrogen-bond donors (Lipinski definition) is 3. The minimum atomic E-state index is -0.753. The highest BCUT2D eigenvalue weighted by atomic mass is 16.5. The molecule has 1 aliphatic rings. The predicted octanol–water partition coefficient (Wildman–Crippen LogP) is 6.32. The summed E-state index contributed by atoms with van der Waals surface area (Å²) in [5, 5.41) is 30.9. The number of allylic oxidation sites excluding steroid dienone is 6. The summed E-state index contributed by atoms with van der Waals surface area (Å²) in [7, 11) is 0. The molecule has 3 N–H and O–H groups in total. The fourth-order valence-corrected chi connectivity index (χ4v) is 4.04. The summed E-state index contributed by atoms with van der Waals surface area (Å²) in [5.74, 6) is 0.0731. The van der Waals surface area contributed by atoms with Crippen molar-refractivity contribution in [3.63, 3.8) is 0 Å². The zero-order valence-electron chi connectivity index (χ0n) is 22.7. The minimum absolute atomic E-state index is 0.0512. The molecule has 0 spiro atoms. The number of carbonyl (C=O) groups is 1. The van der Waals surface area contributed by atoms with Crippen LogP contribution in [0.1, 0.15) is 53.0 Å². The van der Waals surface area contributed by atoms with Gasteiger partial charge >= 0.3 is 0 Å². The summed E-state index contributed by atoms with van der Waals surface area (Å²) in [5.41, 5.74) is 2.61. The molecule has 2 rings (SSSR count). The van der Waals surface area contributed by atoms with Gasteiger partial charge in [0.05, 0.1) is 12.2 Å². The lowest BCUT2D eigenvalue weighted by molar-refractivity contribution is -0.125. The molecular formula is C32H42O5. The van der Waals surface area contributed by atoms with E-state index in [-0.39, 0.29) is 41.1 Å². The van der Waals surface area contributed by atoms with Crippen molar-refractivity contribution in [2.75, 3.05) is 0 Å². The van der Waals surface area contributed by atoms with E-state index in [2.05, 4.69) is 19.1 Å². The van der Waals surface area contributed by atoms with Crippen LogP contribution in [-0.2, 0) is 16.0 Å². The van der Waals surface area contributed by atoms with Crippen LogP contribution in [0.2, 0.25) is 0 Å². The Morgan fingerprint density at radius 3 is 2.49 bits per heavy atom. The van der Waals surface area contributed by atoms with E-state index in [4.69, 9.17) is 4.74 Å². The van der Waals surface area contributed by atoms with E-state index in [0.29, 0.717) is 0 Å². The summed E-state index contributed by atoms with van der Waals surface area (Å²) in [4.78, 5) is 11.8. The number of aliphatic hydroxyl groups is 3. The summed E-state index contributed by atoms with van der Waals surface area (Å²) in [6.45, 7) is 9.32. The molecule has 5 atom stereocenters. The van der Waals surface area contributed by atoms with E-state index >= 15 is 0 Å². The molecule has 1 aromatic carbocycles. The highest BCUT2D eigenvalue weighted by molar-refractivity contribution is 6.00. The number of Topliss-reactive ketones (excluding diaryl/α,β-unsaturated/α-hetero) is 1. The smallest absolute Gasteiger partial charge is 0.202 e. The SMILES string of the molecule is CC1=C(O)/C(=C\CC(O)\C=C/C=C/C(C)=C/C=C/C(C)C(O)C(C)CCc2ccccc2)OC(C)C1=O. The molecule has 5 nitrogen and oxygen atoms in total. The molecule has 1 heterocycles. The number of aryl methyl sites for hydroxylation is 1. The second-order valence-corrected chi connectivity index (χ2v) is 9.86. The molecule has 0 saturated heterocycles. The van der Waals surface area contributed by atoms with E-state index in [1.165, 1.54) is 5.56 Å². The van der Waals surface area contributed by atoms with Gasteiger partial charge in [-0.1, -0.05) is 92.3 Å². The third kappa shape index (κ3) is 10.0. The third-order valence-electron chi connectivity index (χ3n) is 6.61. The molecule has 0 fully saturated rings. The van der Waals surface area contributed by atoms with E-state index < -0.39 is 18.3 Å². The normalized spacial score (nSPS) is 21.7. The van der Waals surface area contributed by atoms with Crippen LogP contribution in [0.25, 0.3) is 0 Å². The zero-order valence-corrected chi connectivity index (χ0v) is 22.7. The van der Waals surface area contributed by atoms with E-state index in [1.54, 1.807) is 32.1 Å². The van der Waals surface area contributed by atoms with Crippen LogP contribution in [0.15, 0.2) is 102 Å². The monoisotopic (exact) mass is 506 g/mol. The zero-order chi connectivity index (χ0) is 27.4. The van der Waals surface area contributed by atoms with Gasteiger partial charge < -0.3 is 20.1 Å². The van der Waals surface area contributed by atoms with Gasteiger partial charge in [-0.05, 0) is 57.6 Å². The number of aliphatic hydroxyl groups excluding tert-OH is 3. The first kappa shape index (κ1) is 30.1. The van der Waals surface area contributed by atoms with Gasteiger partial charge in [0.15, 0.2) is 17.6 Å².